The fourth-order valence-electron chi connectivity index (χ4n) is 2.46. The Bertz CT molecular complexity index is 599. The number of nitrogens with zero attached hydrogens (tertiary/aromatic N) is 1. The van der Waals surface area contributed by atoms with Crippen molar-refractivity contribution < 1.29 is 9.47 Å². The Balaban J connectivity index is 2.50. The lowest BCUT2D eigenvalue weighted by Gasteiger charge is -2.23. The van der Waals surface area contributed by atoms with Crippen LogP contribution in [-0.4, -0.2) is 25.7 Å². The fourth-order valence-corrected chi connectivity index (χ4v) is 2.46. The normalized spacial score (nSPS) is 12.0. The maximum absolute atomic E-state index is 5.54. The van der Waals surface area contributed by atoms with E-state index in [4.69, 9.17) is 9.47 Å². The highest BCUT2D eigenvalue weighted by atomic mass is 16.5. The van der Waals surface area contributed by atoms with E-state index in [1.165, 1.54) is 5.56 Å². The van der Waals surface area contributed by atoms with Crippen molar-refractivity contribution in [3.05, 3.63) is 53.3 Å². The van der Waals surface area contributed by atoms with E-state index in [9.17, 15) is 0 Å². The van der Waals surface area contributed by atoms with Crippen LogP contribution in [0.2, 0.25) is 0 Å². The summed E-state index contributed by atoms with van der Waals surface area (Å²) in [6.45, 7) is 5.03. The molecule has 21 heavy (non-hydrogen) atoms. The maximum atomic E-state index is 5.54. The number of hydrogen-bond donors (Lipinski definition) is 1. The van der Waals surface area contributed by atoms with E-state index in [0.29, 0.717) is 0 Å². The third-order valence-corrected chi connectivity index (χ3v) is 3.53. The summed E-state index contributed by atoms with van der Waals surface area (Å²) < 4.78 is 10.8. The summed E-state index contributed by atoms with van der Waals surface area (Å²) in [5, 5.41) is 3.52. The van der Waals surface area contributed by atoms with Gasteiger partial charge in [0.1, 0.15) is 11.5 Å². The molecule has 1 heterocycles. The third kappa shape index (κ3) is 3.34. The van der Waals surface area contributed by atoms with Crippen molar-refractivity contribution in [1.29, 1.82) is 0 Å². The van der Waals surface area contributed by atoms with Gasteiger partial charge in [0, 0.05) is 24.0 Å². The minimum absolute atomic E-state index is 0.0684. The van der Waals surface area contributed by atoms with Gasteiger partial charge in [-0.1, -0.05) is 6.92 Å². The van der Waals surface area contributed by atoms with Crippen molar-refractivity contribution in [2.75, 3.05) is 20.8 Å². The van der Waals surface area contributed by atoms with Gasteiger partial charge < -0.3 is 14.8 Å². The van der Waals surface area contributed by atoms with E-state index in [-0.39, 0.29) is 6.04 Å². The van der Waals surface area contributed by atoms with Crippen molar-refractivity contribution >= 4 is 0 Å². The highest BCUT2D eigenvalue weighted by Crippen LogP contribution is 2.33. The van der Waals surface area contributed by atoms with Crippen LogP contribution in [0.3, 0.4) is 0 Å². The Kier molecular flexibility index (Phi) is 5.17. The second-order valence-electron chi connectivity index (χ2n) is 4.83. The lowest BCUT2D eigenvalue weighted by Crippen LogP contribution is -2.23. The molecule has 1 aromatic heterocycles. The van der Waals surface area contributed by atoms with E-state index in [0.717, 1.165) is 29.2 Å². The van der Waals surface area contributed by atoms with Crippen LogP contribution < -0.4 is 14.8 Å². The number of benzene rings is 1. The Labute approximate surface area is 126 Å². The number of rotatable bonds is 6. The van der Waals surface area contributed by atoms with E-state index >= 15 is 0 Å². The van der Waals surface area contributed by atoms with Crippen molar-refractivity contribution in [3.8, 4) is 11.5 Å². The molecule has 0 saturated carbocycles. The summed E-state index contributed by atoms with van der Waals surface area (Å²) in [5.41, 5.74) is 3.45. The summed E-state index contributed by atoms with van der Waals surface area (Å²) in [6, 6.07) is 8.03. The molecule has 1 atom stereocenters. The molecule has 0 fully saturated rings. The van der Waals surface area contributed by atoms with Crippen molar-refractivity contribution in [2.45, 2.75) is 19.9 Å². The molecule has 2 aromatic rings. The molecule has 0 saturated heterocycles. The minimum Gasteiger partial charge on any atom is -0.497 e. The van der Waals surface area contributed by atoms with E-state index < -0.39 is 0 Å². The Morgan fingerprint density at radius 1 is 1.14 bits per heavy atom. The molecule has 1 unspecified atom stereocenters. The molecule has 1 N–H and O–H groups in total. The topological polar surface area (TPSA) is 43.4 Å². The fraction of sp³-hybridized carbons (Fsp3) is 0.353. The van der Waals surface area contributed by atoms with Crippen LogP contribution in [0.25, 0.3) is 0 Å². The average Bonchev–Trinajstić information content (AvgIpc) is 2.53. The zero-order chi connectivity index (χ0) is 15.2. The highest BCUT2D eigenvalue weighted by Gasteiger charge is 2.19. The molecular weight excluding hydrogens is 264 g/mol. The van der Waals surface area contributed by atoms with Crippen LogP contribution in [0.15, 0.2) is 36.7 Å². The number of pyridine rings is 1. The standard InChI is InChI=1S/C17H22N2O2/c1-5-19-17(14-8-9-18-11-12(14)2)15-7-6-13(20-3)10-16(15)21-4/h6-11,17,19H,5H2,1-4H3. The lowest BCUT2D eigenvalue weighted by molar-refractivity contribution is 0.387. The molecule has 0 spiro atoms. The van der Waals surface area contributed by atoms with Gasteiger partial charge in [-0.2, -0.15) is 0 Å². The molecule has 112 valence electrons. The maximum Gasteiger partial charge on any atom is 0.127 e. The first-order valence-electron chi connectivity index (χ1n) is 7.07. The number of methoxy groups -OCH3 is 2. The van der Waals surface area contributed by atoms with Gasteiger partial charge in [0.05, 0.1) is 20.3 Å². The summed E-state index contributed by atoms with van der Waals surface area (Å²) >= 11 is 0. The monoisotopic (exact) mass is 286 g/mol. The zero-order valence-corrected chi connectivity index (χ0v) is 13.0. The number of nitrogens with one attached hydrogen (secondary N) is 1. The predicted molar refractivity (Wildman–Crippen MR) is 84.0 cm³/mol. The molecular formula is C17H22N2O2. The molecule has 0 bridgehead atoms. The first kappa shape index (κ1) is 15.3. The van der Waals surface area contributed by atoms with Crippen LogP contribution in [0, 0.1) is 6.92 Å². The summed E-state index contributed by atoms with van der Waals surface area (Å²) in [6.07, 6.45) is 3.71. The molecule has 4 nitrogen and oxygen atoms in total. The van der Waals surface area contributed by atoms with Crippen LogP contribution >= 0.6 is 0 Å². The number of aryl methyl sites for hydroxylation is 1. The van der Waals surface area contributed by atoms with Gasteiger partial charge in [0.15, 0.2) is 0 Å². The Hall–Kier alpha value is -2.07. The van der Waals surface area contributed by atoms with Gasteiger partial charge in [0.25, 0.3) is 0 Å². The summed E-state index contributed by atoms with van der Waals surface area (Å²) in [4.78, 5) is 4.17. The molecule has 1 aromatic carbocycles. The van der Waals surface area contributed by atoms with E-state index in [1.807, 2.05) is 36.7 Å². The first-order valence-corrected chi connectivity index (χ1v) is 7.07. The van der Waals surface area contributed by atoms with Crippen molar-refractivity contribution in [2.24, 2.45) is 0 Å². The Morgan fingerprint density at radius 3 is 2.57 bits per heavy atom. The van der Waals surface area contributed by atoms with E-state index in [1.54, 1.807) is 14.2 Å². The van der Waals surface area contributed by atoms with Crippen LogP contribution in [0.1, 0.15) is 29.7 Å². The van der Waals surface area contributed by atoms with Gasteiger partial charge in [-0.05, 0) is 42.8 Å². The lowest BCUT2D eigenvalue weighted by atomic mass is 9.95. The van der Waals surface area contributed by atoms with Gasteiger partial charge in [-0.3, -0.25) is 4.98 Å². The zero-order valence-electron chi connectivity index (χ0n) is 13.0. The SMILES string of the molecule is CCNC(c1ccncc1C)c1ccc(OC)cc1OC. The van der Waals surface area contributed by atoms with Crippen LogP contribution in [0.5, 0.6) is 11.5 Å². The van der Waals surface area contributed by atoms with E-state index in [2.05, 4.69) is 24.1 Å². The molecule has 4 heteroatoms. The quantitative estimate of drug-likeness (QED) is 0.886. The van der Waals surface area contributed by atoms with Crippen LogP contribution in [-0.2, 0) is 0 Å². The average molecular weight is 286 g/mol. The van der Waals surface area contributed by atoms with Crippen molar-refractivity contribution in [1.82, 2.24) is 10.3 Å². The second kappa shape index (κ2) is 7.09. The predicted octanol–water partition coefficient (Wildman–Crippen LogP) is 3.11. The molecule has 0 aliphatic rings. The number of hydrogen-bond acceptors (Lipinski definition) is 4. The second-order valence-corrected chi connectivity index (χ2v) is 4.83. The van der Waals surface area contributed by atoms with Gasteiger partial charge in [-0.25, -0.2) is 0 Å². The van der Waals surface area contributed by atoms with Gasteiger partial charge in [0.2, 0.25) is 0 Å². The van der Waals surface area contributed by atoms with Gasteiger partial charge in [-0.15, -0.1) is 0 Å². The van der Waals surface area contributed by atoms with Gasteiger partial charge >= 0.3 is 0 Å². The third-order valence-electron chi connectivity index (χ3n) is 3.53. The molecule has 0 amide bonds. The van der Waals surface area contributed by atoms with Crippen molar-refractivity contribution in [3.63, 3.8) is 0 Å². The minimum atomic E-state index is 0.0684. The summed E-state index contributed by atoms with van der Waals surface area (Å²) in [7, 11) is 3.34. The number of aromatic nitrogens is 1. The Morgan fingerprint density at radius 2 is 1.95 bits per heavy atom. The largest absolute Gasteiger partial charge is 0.497 e. The smallest absolute Gasteiger partial charge is 0.127 e. The molecule has 2 rings (SSSR count). The summed E-state index contributed by atoms with van der Waals surface area (Å²) in [5.74, 6) is 1.61. The van der Waals surface area contributed by atoms with Crippen LogP contribution in [0.4, 0.5) is 0 Å². The molecule has 0 aliphatic heterocycles. The first-order chi connectivity index (χ1) is 10.2. The molecule has 0 aliphatic carbocycles. The number of ether oxygens (including phenoxy) is 2. The highest BCUT2D eigenvalue weighted by molar-refractivity contribution is 5.47. The molecule has 0 radical (unpaired) electrons.